The van der Waals surface area contributed by atoms with Gasteiger partial charge in [0.15, 0.2) is 9.41 Å². The maximum absolute atomic E-state index is 12.1. The molecule has 1 fully saturated rings. The van der Waals surface area contributed by atoms with Crippen LogP contribution in [0.3, 0.4) is 0 Å². The third-order valence-electron chi connectivity index (χ3n) is 12.1. The fourth-order valence-corrected chi connectivity index (χ4v) is 8.11. The summed E-state index contributed by atoms with van der Waals surface area (Å²) >= 11 is 1.99. The number of H-pyrrole nitrogens is 4. The van der Waals surface area contributed by atoms with Crippen molar-refractivity contribution in [3.63, 3.8) is 0 Å². The van der Waals surface area contributed by atoms with Crippen molar-refractivity contribution in [1.29, 1.82) is 0 Å². The number of halogens is 1. The van der Waals surface area contributed by atoms with Crippen LogP contribution in [0.15, 0.2) is 111 Å². The zero-order chi connectivity index (χ0) is 61.6. The van der Waals surface area contributed by atoms with Gasteiger partial charge in [0.1, 0.15) is 91.5 Å². The largest absolute Gasteiger partial charge is 0.472 e. The highest BCUT2D eigenvalue weighted by molar-refractivity contribution is 14.1. The molecule has 432 valence electrons. The van der Waals surface area contributed by atoms with E-state index in [0.717, 1.165) is 77.3 Å². The summed E-state index contributed by atoms with van der Waals surface area (Å²) in [4.78, 5) is 47.8. The van der Waals surface area contributed by atoms with Gasteiger partial charge in [-0.1, -0.05) is 6.92 Å². The number of ether oxygens (including phenoxy) is 4. The minimum Gasteiger partial charge on any atom is -0.472 e. The SMILES string of the molecule is [3H]n1ccc(OCc2c(-n3nnn(C)c3=O)coc2C)n1.[3H]n1ccc(OCc2c(-n3nnn(C)c3=O)coc2C2CC2)n1.[3H]n1ccc(OCc2c(-n3nnn(C)c3=O)coc2CC)n1.[3H]n1ccc(OCc2c(-n3nnn(C)c3=O)coc2I)n1. The van der Waals surface area contributed by atoms with Gasteiger partial charge >= 0.3 is 22.8 Å². The molecule has 0 unspecified atom stereocenters. The second-order valence-electron chi connectivity index (χ2n) is 17.5. The molecule has 0 bridgehead atoms. The molecule has 1 aliphatic rings. The highest BCUT2D eigenvalue weighted by atomic mass is 127. The van der Waals surface area contributed by atoms with Gasteiger partial charge in [0.25, 0.3) is 0 Å². The van der Waals surface area contributed by atoms with Crippen molar-refractivity contribution < 1.29 is 42.3 Å². The van der Waals surface area contributed by atoms with E-state index >= 15 is 0 Å². The normalized spacial score (nSPS) is 12.5. The third-order valence-corrected chi connectivity index (χ3v) is 13.0. The number of tetrazole rings is 4. The van der Waals surface area contributed by atoms with Gasteiger partial charge in [-0.05, 0) is 61.5 Å². The van der Waals surface area contributed by atoms with E-state index in [4.69, 9.17) is 42.3 Å². The lowest BCUT2D eigenvalue weighted by Crippen LogP contribution is -2.22. The maximum Gasteiger partial charge on any atom is 0.368 e. The predicted molar refractivity (Wildman–Crippen MR) is 286 cm³/mol. The average molecular weight is 1260 g/mol. The van der Waals surface area contributed by atoms with E-state index in [1.54, 1.807) is 31.2 Å². The molecular weight excluding hydrogens is 1210 g/mol. The molecule has 0 aliphatic heterocycles. The van der Waals surface area contributed by atoms with Crippen molar-refractivity contribution in [3.8, 4) is 46.3 Å². The minimum atomic E-state index is -0.385. The van der Waals surface area contributed by atoms with Crippen LogP contribution in [-0.2, 0) is 61.0 Å². The molecule has 1 saturated carbocycles. The topological polar surface area (TPSA) is 415 Å². The Balaban J connectivity index is 0.000000129. The first-order chi connectivity index (χ1) is 41.8. The standard InChI is InChI=1S/C13H14N6O3.C12H14N6O3.C11H12N6O3.C10H9IN6O3/c1-18-13(20)19(17-16-18)10-7-22-12(8-2-3-8)9(10)6-21-11-4-5-14-15-11;1-3-10-8(6-21-11-4-5-13-14-11)9(7-20-10)18-12(19)17(2)15-16-18;1-7-8(5-20-10-3-4-12-13-10)9(6-19-7)17-11(18)16(2)14-15-17;1-16-10(18)17(15-14-16)7-5-20-9(11)6(7)4-19-8-2-3-12-13-8/h4-5,7-8H,2-3,6H2,1H3,(H,14,15);4-5,7H,3,6H2,1-2H3,(H,13,14);3-4,6H,5H2,1-2H3,(H,12,13);2-3,5H,4H2,1H3,(H,12,13)/i/hT4. The van der Waals surface area contributed by atoms with Crippen LogP contribution < -0.4 is 41.7 Å². The number of aromatic nitrogens is 24. The smallest absolute Gasteiger partial charge is 0.368 e. The van der Waals surface area contributed by atoms with Gasteiger partial charge in [0, 0.05) is 112 Å². The van der Waals surface area contributed by atoms with Crippen molar-refractivity contribution in [1.82, 2.24) is 120 Å². The van der Waals surface area contributed by atoms with Crippen LogP contribution in [0.4, 0.5) is 0 Å². The average Bonchev–Trinajstić information content (AvgIpc) is 2.34. The summed E-state index contributed by atoms with van der Waals surface area (Å²) in [6.45, 7) is 4.28. The number of hydrogen-bond donors (Lipinski definition) is 4. The molecule has 0 aromatic carbocycles. The molecule has 0 saturated heterocycles. The first kappa shape index (κ1) is 50.6. The first-order valence-electron chi connectivity index (χ1n) is 26.3. The van der Waals surface area contributed by atoms with Crippen LogP contribution in [0.25, 0.3) is 22.7 Å². The highest BCUT2D eigenvalue weighted by Crippen LogP contribution is 2.44. The number of nitrogens with one attached hydrogen (secondary N) is 4. The number of aryl methyl sites for hydroxylation is 6. The van der Waals surface area contributed by atoms with Crippen molar-refractivity contribution in [2.45, 2.75) is 65.5 Å². The van der Waals surface area contributed by atoms with Gasteiger partial charge in [-0.25, -0.2) is 19.2 Å². The van der Waals surface area contributed by atoms with Crippen molar-refractivity contribution in [2.75, 3.05) is 0 Å². The van der Waals surface area contributed by atoms with E-state index in [0.29, 0.717) is 90.6 Å². The van der Waals surface area contributed by atoms with E-state index in [1.807, 2.05) is 29.5 Å². The van der Waals surface area contributed by atoms with Crippen LogP contribution in [0.1, 0.15) is 65.2 Å². The van der Waals surface area contributed by atoms with Gasteiger partial charge in [0.2, 0.25) is 23.5 Å². The Morgan fingerprint density at radius 3 is 1.24 bits per heavy atom. The van der Waals surface area contributed by atoms with Crippen LogP contribution in [0, 0.1) is 10.7 Å². The molecule has 13 rings (SSSR count). The Kier molecular flexibility index (Phi) is 15.1. The third kappa shape index (κ3) is 12.4. The molecule has 0 spiro atoms. The molecule has 12 heterocycles. The van der Waals surface area contributed by atoms with Gasteiger partial charge in [-0.3, -0.25) is 20.4 Å². The van der Waals surface area contributed by atoms with Gasteiger partial charge in [-0.2, -0.15) is 37.5 Å². The van der Waals surface area contributed by atoms with Gasteiger partial charge in [-0.15, -0.1) is 20.4 Å². The molecule has 1 aliphatic carbocycles. The van der Waals surface area contributed by atoms with E-state index < -0.39 is 0 Å². The Bertz CT molecular complexity index is 4410. The summed E-state index contributed by atoms with van der Waals surface area (Å²) in [5, 5.41) is 48.8. The number of rotatable bonds is 18. The van der Waals surface area contributed by atoms with Crippen molar-refractivity contribution in [2.24, 2.45) is 28.2 Å². The van der Waals surface area contributed by atoms with E-state index in [9.17, 15) is 19.2 Å². The van der Waals surface area contributed by atoms with Crippen LogP contribution in [0.2, 0.25) is 5.65 Å². The zero-order valence-corrected chi connectivity index (χ0v) is 46.6. The molecular formula is C46H49IN24O12. The Hall–Kier alpha value is -10.6. The molecule has 12 aromatic heterocycles. The first-order valence-corrected chi connectivity index (χ1v) is 25.6. The Labute approximate surface area is 482 Å². The molecule has 36 nitrogen and oxygen atoms in total. The van der Waals surface area contributed by atoms with Gasteiger partial charge in [0.05, 0.1) is 22.3 Å². The second-order valence-corrected chi connectivity index (χ2v) is 18.4. The minimum absolute atomic E-state index is 0.129. The fraction of sp³-hybridized carbons (Fsp3) is 0.304. The van der Waals surface area contributed by atoms with E-state index in [2.05, 4.69) is 62.1 Å². The quantitative estimate of drug-likeness (QED) is 0.0890. The lowest BCUT2D eigenvalue weighted by atomic mass is 10.2. The molecule has 4 N–H and O–H groups in total. The van der Waals surface area contributed by atoms with Crippen LogP contribution >= 0.6 is 22.6 Å². The van der Waals surface area contributed by atoms with Crippen LogP contribution in [0.5, 0.6) is 23.5 Å². The van der Waals surface area contributed by atoms with Crippen LogP contribution in [-0.4, -0.2) is 120 Å². The number of hydrogen-bond acceptors (Lipinski definition) is 24. The number of aromatic amines is 4. The molecule has 83 heavy (non-hydrogen) atoms. The molecule has 0 atom stereocenters. The predicted octanol–water partition coefficient (Wildman–Crippen LogP) is 1.80. The Morgan fingerprint density at radius 2 is 0.855 bits per heavy atom. The molecule has 12 aromatic rings. The summed E-state index contributed by atoms with van der Waals surface area (Å²) in [7, 11) is 6.07. The summed E-state index contributed by atoms with van der Waals surface area (Å²) < 4.78 is 82.7. The summed E-state index contributed by atoms with van der Waals surface area (Å²) in [5.41, 5.74) is 3.21. The highest BCUT2D eigenvalue weighted by Gasteiger charge is 2.33. The monoisotopic (exact) mass is 1260 g/mol. The molecule has 0 amide bonds. The Morgan fingerprint density at radius 1 is 0.506 bits per heavy atom. The van der Waals surface area contributed by atoms with Crippen molar-refractivity contribution in [3.05, 3.63) is 159 Å². The summed E-state index contributed by atoms with van der Waals surface area (Å²) in [5.74, 6) is 3.72. The lowest BCUT2D eigenvalue weighted by Gasteiger charge is -2.05. The van der Waals surface area contributed by atoms with E-state index in [-0.39, 0.29) is 49.2 Å². The zero-order valence-electron chi connectivity index (χ0n) is 48.5. The summed E-state index contributed by atoms with van der Waals surface area (Å²) in [6.07, 6.45) is 14.4. The lowest BCUT2D eigenvalue weighted by molar-refractivity contribution is 0.289. The maximum atomic E-state index is 12.1. The van der Waals surface area contributed by atoms with Gasteiger partial charge < -0.3 is 36.6 Å². The second kappa shape index (κ2) is 24.8. The molecule has 37 heteroatoms. The van der Waals surface area contributed by atoms with Crippen molar-refractivity contribution >= 4 is 22.6 Å². The summed E-state index contributed by atoms with van der Waals surface area (Å²) in [6, 6.07) is 6.30. The number of furan rings is 4. The fourth-order valence-electron chi connectivity index (χ4n) is 7.55. The molecule has 0 radical (unpaired) electrons. The van der Waals surface area contributed by atoms with E-state index in [1.165, 1.54) is 82.7 Å². The number of nitrogens with zero attached hydrogens (tertiary/aromatic N) is 20.